The lowest BCUT2D eigenvalue weighted by atomic mass is 10.1. The van der Waals surface area contributed by atoms with Crippen molar-refractivity contribution < 1.29 is 9.59 Å². The lowest BCUT2D eigenvalue weighted by Gasteiger charge is -2.17. The van der Waals surface area contributed by atoms with Crippen LogP contribution in [0, 0.1) is 12.8 Å². The van der Waals surface area contributed by atoms with E-state index in [1.165, 1.54) is 0 Å². The number of aryl methyl sites for hydroxylation is 1. The fourth-order valence-corrected chi connectivity index (χ4v) is 3.06. The fraction of sp³-hybridized carbons (Fsp3) is 0.263. The second kappa shape index (κ2) is 7.05. The molecule has 1 atom stereocenters. The third-order valence-electron chi connectivity index (χ3n) is 4.21. The van der Waals surface area contributed by atoms with E-state index < -0.39 is 5.92 Å². The van der Waals surface area contributed by atoms with Crippen molar-refractivity contribution in [1.29, 1.82) is 0 Å². The first kappa shape index (κ1) is 16.5. The Morgan fingerprint density at radius 1 is 1.25 bits per heavy atom. The second-order valence-electron chi connectivity index (χ2n) is 6.06. The molecule has 3 rings (SSSR count). The van der Waals surface area contributed by atoms with E-state index in [-0.39, 0.29) is 11.8 Å². The van der Waals surface area contributed by atoms with E-state index in [0.717, 1.165) is 11.1 Å². The van der Waals surface area contributed by atoms with Gasteiger partial charge in [-0.15, -0.1) is 0 Å². The molecule has 1 saturated heterocycles. The van der Waals surface area contributed by atoms with E-state index in [1.807, 2.05) is 43.3 Å². The quantitative estimate of drug-likeness (QED) is 0.862. The maximum atomic E-state index is 12.5. The molecule has 2 aromatic carbocycles. The van der Waals surface area contributed by atoms with Crippen LogP contribution in [0.2, 0.25) is 5.02 Å². The molecule has 2 aromatic rings. The van der Waals surface area contributed by atoms with Gasteiger partial charge in [0.2, 0.25) is 11.8 Å². The van der Waals surface area contributed by atoms with Crippen LogP contribution in [0.15, 0.2) is 48.5 Å². The maximum Gasteiger partial charge on any atom is 0.237 e. The Kier molecular flexibility index (Phi) is 4.86. The highest BCUT2D eigenvalue weighted by Crippen LogP contribution is 2.26. The lowest BCUT2D eigenvalue weighted by Crippen LogP contribution is -2.32. The summed E-state index contributed by atoms with van der Waals surface area (Å²) in [5, 5.41) is 3.26. The van der Waals surface area contributed by atoms with E-state index >= 15 is 0 Å². The number of nitrogens with one attached hydrogen (secondary N) is 1. The largest absolute Gasteiger partial charge is 0.338 e. The molecule has 0 saturated carbocycles. The van der Waals surface area contributed by atoms with E-state index in [0.29, 0.717) is 30.2 Å². The highest BCUT2D eigenvalue weighted by atomic mass is 35.5. The SMILES string of the molecule is Cc1ccc(Cl)c(NC(=O)C2CCN(Cc3ccccc3)C2=O)c1. The van der Waals surface area contributed by atoms with Gasteiger partial charge in [-0.2, -0.15) is 0 Å². The van der Waals surface area contributed by atoms with Gasteiger partial charge in [0, 0.05) is 13.1 Å². The van der Waals surface area contributed by atoms with Crippen LogP contribution in [0.3, 0.4) is 0 Å². The van der Waals surface area contributed by atoms with Crippen molar-refractivity contribution in [2.24, 2.45) is 5.92 Å². The van der Waals surface area contributed by atoms with Crippen LogP contribution in [0.4, 0.5) is 5.69 Å². The van der Waals surface area contributed by atoms with Crippen molar-refractivity contribution in [3.05, 3.63) is 64.7 Å². The zero-order valence-corrected chi connectivity index (χ0v) is 14.2. The van der Waals surface area contributed by atoms with Gasteiger partial charge in [-0.05, 0) is 36.6 Å². The predicted octanol–water partition coefficient (Wildman–Crippen LogP) is 3.64. The molecule has 24 heavy (non-hydrogen) atoms. The lowest BCUT2D eigenvalue weighted by molar-refractivity contribution is -0.136. The molecule has 5 heteroatoms. The van der Waals surface area contributed by atoms with Gasteiger partial charge in [0.25, 0.3) is 0 Å². The number of benzene rings is 2. The van der Waals surface area contributed by atoms with E-state index in [1.54, 1.807) is 17.0 Å². The van der Waals surface area contributed by atoms with Crippen LogP contribution >= 0.6 is 11.6 Å². The zero-order valence-electron chi connectivity index (χ0n) is 13.5. The number of hydrogen-bond acceptors (Lipinski definition) is 2. The Morgan fingerprint density at radius 2 is 2.00 bits per heavy atom. The van der Waals surface area contributed by atoms with Crippen molar-refractivity contribution in [3.8, 4) is 0 Å². The fourth-order valence-electron chi connectivity index (χ4n) is 2.90. The summed E-state index contributed by atoms with van der Waals surface area (Å²) in [7, 11) is 0. The number of likely N-dealkylation sites (tertiary alicyclic amines) is 1. The number of nitrogens with zero attached hydrogens (tertiary/aromatic N) is 1. The summed E-state index contributed by atoms with van der Waals surface area (Å²) in [5.41, 5.74) is 2.61. The van der Waals surface area contributed by atoms with Crippen LogP contribution in [0.1, 0.15) is 17.5 Å². The Morgan fingerprint density at radius 3 is 2.75 bits per heavy atom. The Bertz CT molecular complexity index is 761. The van der Waals surface area contributed by atoms with Crippen LogP contribution in [-0.4, -0.2) is 23.3 Å². The molecule has 1 fully saturated rings. The van der Waals surface area contributed by atoms with E-state index in [9.17, 15) is 9.59 Å². The summed E-state index contributed by atoms with van der Waals surface area (Å²) in [6.07, 6.45) is 0.529. The monoisotopic (exact) mass is 342 g/mol. The first-order chi connectivity index (χ1) is 11.5. The molecule has 0 aromatic heterocycles. The molecular formula is C19H19ClN2O2. The average molecular weight is 343 g/mol. The highest BCUT2D eigenvalue weighted by Gasteiger charge is 2.36. The summed E-state index contributed by atoms with van der Waals surface area (Å²) in [6.45, 7) is 3.05. The van der Waals surface area contributed by atoms with Gasteiger partial charge >= 0.3 is 0 Å². The third kappa shape index (κ3) is 3.60. The number of halogens is 1. The molecule has 2 amide bonds. The third-order valence-corrected chi connectivity index (χ3v) is 4.54. The van der Waals surface area contributed by atoms with Gasteiger partial charge in [0.15, 0.2) is 0 Å². The van der Waals surface area contributed by atoms with Gasteiger partial charge in [-0.3, -0.25) is 9.59 Å². The topological polar surface area (TPSA) is 49.4 Å². The molecule has 0 aliphatic carbocycles. The molecule has 1 heterocycles. The number of anilines is 1. The first-order valence-corrected chi connectivity index (χ1v) is 8.32. The number of carbonyl (C=O) groups excluding carboxylic acids is 2. The molecule has 1 unspecified atom stereocenters. The molecular weight excluding hydrogens is 324 g/mol. The zero-order chi connectivity index (χ0) is 17.1. The van der Waals surface area contributed by atoms with Gasteiger partial charge < -0.3 is 10.2 Å². The standard InChI is InChI=1S/C19H19ClN2O2/c1-13-7-8-16(20)17(11-13)21-18(23)15-9-10-22(19(15)24)12-14-5-3-2-4-6-14/h2-8,11,15H,9-10,12H2,1H3,(H,21,23). The normalized spacial score (nSPS) is 17.2. The molecule has 0 radical (unpaired) electrons. The minimum absolute atomic E-state index is 0.125. The van der Waals surface area contributed by atoms with Crippen molar-refractivity contribution in [2.75, 3.05) is 11.9 Å². The highest BCUT2D eigenvalue weighted by molar-refractivity contribution is 6.33. The van der Waals surface area contributed by atoms with Crippen LogP contribution in [0.5, 0.6) is 0 Å². The van der Waals surface area contributed by atoms with E-state index in [2.05, 4.69) is 5.32 Å². The molecule has 124 valence electrons. The molecule has 4 nitrogen and oxygen atoms in total. The van der Waals surface area contributed by atoms with Crippen molar-refractivity contribution in [2.45, 2.75) is 19.9 Å². The number of hydrogen-bond donors (Lipinski definition) is 1. The van der Waals surface area contributed by atoms with Gasteiger partial charge in [0.1, 0.15) is 5.92 Å². The molecule has 0 spiro atoms. The number of carbonyl (C=O) groups is 2. The van der Waals surface area contributed by atoms with Crippen molar-refractivity contribution in [3.63, 3.8) is 0 Å². The smallest absolute Gasteiger partial charge is 0.237 e. The first-order valence-electron chi connectivity index (χ1n) is 7.94. The Labute approximate surface area is 146 Å². The minimum atomic E-state index is -0.648. The van der Waals surface area contributed by atoms with Crippen molar-refractivity contribution >= 4 is 29.1 Å². The Hall–Kier alpha value is -2.33. The van der Waals surface area contributed by atoms with Gasteiger partial charge in [0.05, 0.1) is 10.7 Å². The predicted molar refractivity (Wildman–Crippen MR) is 94.8 cm³/mol. The van der Waals surface area contributed by atoms with Crippen LogP contribution in [0.25, 0.3) is 0 Å². The minimum Gasteiger partial charge on any atom is -0.338 e. The van der Waals surface area contributed by atoms with Crippen molar-refractivity contribution in [1.82, 2.24) is 4.90 Å². The second-order valence-corrected chi connectivity index (χ2v) is 6.47. The van der Waals surface area contributed by atoms with Gasteiger partial charge in [-0.1, -0.05) is 48.0 Å². The summed E-state index contributed by atoms with van der Waals surface area (Å²) in [6, 6.07) is 15.2. The maximum absolute atomic E-state index is 12.5. The molecule has 1 aliphatic heterocycles. The van der Waals surface area contributed by atoms with E-state index in [4.69, 9.17) is 11.6 Å². The average Bonchev–Trinajstić information content (AvgIpc) is 2.93. The van der Waals surface area contributed by atoms with Crippen LogP contribution < -0.4 is 5.32 Å². The summed E-state index contributed by atoms with van der Waals surface area (Å²) in [4.78, 5) is 26.7. The Balaban J connectivity index is 1.66. The summed E-state index contributed by atoms with van der Waals surface area (Å²) in [5.74, 6) is -1.06. The number of rotatable bonds is 4. The van der Waals surface area contributed by atoms with Crippen LogP contribution in [-0.2, 0) is 16.1 Å². The van der Waals surface area contributed by atoms with Gasteiger partial charge in [-0.25, -0.2) is 0 Å². The number of amides is 2. The molecule has 1 aliphatic rings. The summed E-state index contributed by atoms with van der Waals surface area (Å²) < 4.78 is 0. The molecule has 1 N–H and O–H groups in total. The summed E-state index contributed by atoms with van der Waals surface area (Å²) >= 11 is 6.11. The molecule has 0 bridgehead atoms.